The summed E-state index contributed by atoms with van der Waals surface area (Å²) in [5, 5.41) is 9.67. The van der Waals surface area contributed by atoms with Gasteiger partial charge in [-0.3, -0.25) is 9.69 Å². The number of hydrogen-bond acceptors (Lipinski definition) is 6. The van der Waals surface area contributed by atoms with Crippen LogP contribution in [-0.2, 0) is 11.3 Å². The number of rotatable bonds is 7. The van der Waals surface area contributed by atoms with E-state index in [1.807, 2.05) is 42.2 Å². The molecule has 1 saturated heterocycles. The molecule has 6 nitrogen and oxygen atoms in total. The third kappa shape index (κ3) is 3.57. The molecule has 0 N–H and O–H groups in total. The number of benzene rings is 1. The van der Waals surface area contributed by atoms with E-state index in [9.17, 15) is 4.79 Å². The lowest BCUT2D eigenvalue weighted by atomic mass is 10.2. The van der Waals surface area contributed by atoms with Crippen LogP contribution in [0.4, 0.5) is 5.69 Å². The van der Waals surface area contributed by atoms with Crippen molar-refractivity contribution in [2.75, 3.05) is 24.6 Å². The summed E-state index contributed by atoms with van der Waals surface area (Å²) in [6.45, 7) is 6.75. The smallest absolute Gasteiger partial charge is 0.294 e. The first-order valence-electron chi connectivity index (χ1n) is 8.28. The van der Waals surface area contributed by atoms with Crippen molar-refractivity contribution < 1.29 is 9.53 Å². The van der Waals surface area contributed by atoms with Crippen LogP contribution in [0.1, 0.15) is 25.3 Å². The molecule has 2 aromatic rings. The summed E-state index contributed by atoms with van der Waals surface area (Å²) in [5.41, 5.74) is 0.968. The van der Waals surface area contributed by atoms with Crippen LogP contribution in [0.15, 0.2) is 30.3 Å². The van der Waals surface area contributed by atoms with Gasteiger partial charge in [0.1, 0.15) is 5.01 Å². The Morgan fingerprint density at radius 3 is 2.79 bits per heavy atom. The van der Waals surface area contributed by atoms with Crippen molar-refractivity contribution in [3.05, 3.63) is 35.3 Å². The first kappa shape index (κ1) is 16.9. The van der Waals surface area contributed by atoms with Crippen LogP contribution < -0.4 is 9.64 Å². The Morgan fingerprint density at radius 1 is 1.29 bits per heavy atom. The first-order valence-corrected chi connectivity index (χ1v) is 9.10. The van der Waals surface area contributed by atoms with Gasteiger partial charge in [0.25, 0.3) is 5.19 Å². The van der Waals surface area contributed by atoms with Gasteiger partial charge in [0.2, 0.25) is 5.91 Å². The van der Waals surface area contributed by atoms with E-state index in [1.165, 1.54) is 11.3 Å². The zero-order valence-electron chi connectivity index (χ0n) is 14.0. The molecule has 0 bridgehead atoms. The second-order valence-electron chi connectivity index (χ2n) is 5.59. The predicted molar refractivity (Wildman–Crippen MR) is 94.4 cm³/mol. The maximum absolute atomic E-state index is 12.8. The van der Waals surface area contributed by atoms with E-state index in [-0.39, 0.29) is 11.9 Å². The molecule has 1 aromatic carbocycles. The van der Waals surface area contributed by atoms with Crippen LogP contribution in [0.2, 0.25) is 0 Å². The summed E-state index contributed by atoms with van der Waals surface area (Å²) in [4.78, 5) is 16.9. The number of hydrogen-bond donors (Lipinski definition) is 0. The third-order valence-corrected chi connectivity index (χ3v) is 4.97. The Bertz CT molecular complexity index is 676. The molecule has 0 spiro atoms. The highest BCUT2D eigenvalue weighted by Gasteiger charge is 2.36. The van der Waals surface area contributed by atoms with Crippen molar-refractivity contribution in [2.45, 2.75) is 32.9 Å². The fourth-order valence-corrected chi connectivity index (χ4v) is 3.74. The molecule has 1 atom stereocenters. The highest BCUT2D eigenvalue weighted by Crippen LogP contribution is 2.26. The lowest BCUT2D eigenvalue weighted by Crippen LogP contribution is -2.41. The topological polar surface area (TPSA) is 58.6 Å². The molecule has 1 aliphatic heterocycles. The van der Waals surface area contributed by atoms with E-state index < -0.39 is 0 Å². The number of amides is 1. The van der Waals surface area contributed by atoms with Gasteiger partial charge in [-0.25, -0.2) is 0 Å². The summed E-state index contributed by atoms with van der Waals surface area (Å²) in [6, 6.07) is 9.75. The molecule has 7 heteroatoms. The van der Waals surface area contributed by atoms with E-state index in [0.717, 1.165) is 30.2 Å². The Balaban J connectivity index is 1.68. The molecule has 1 aliphatic rings. The first-order chi connectivity index (χ1) is 11.7. The Hall–Kier alpha value is -1.99. The summed E-state index contributed by atoms with van der Waals surface area (Å²) in [7, 11) is 0. The van der Waals surface area contributed by atoms with Crippen molar-refractivity contribution in [3.63, 3.8) is 0 Å². The fraction of sp³-hybridized carbons (Fsp3) is 0.471. The normalized spacial score (nSPS) is 17.7. The van der Waals surface area contributed by atoms with Crippen molar-refractivity contribution in [1.29, 1.82) is 0 Å². The Morgan fingerprint density at radius 2 is 2.08 bits per heavy atom. The highest BCUT2D eigenvalue weighted by atomic mass is 32.1. The molecule has 0 aliphatic carbocycles. The number of ether oxygens (including phenoxy) is 1. The lowest BCUT2D eigenvalue weighted by molar-refractivity contribution is -0.121. The van der Waals surface area contributed by atoms with Crippen molar-refractivity contribution in [3.8, 4) is 5.19 Å². The largest absolute Gasteiger partial charge is 0.469 e. The maximum atomic E-state index is 12.8. The van der Waals surface area contributed by atoms with Gasteiger partial charge < -0.3 is 9.64 Å². The van der Waals surface area contributed by atoms with Gasteiger partial charge in [-0.05, 0) is 32.0 Å². The lowest BCUT2D eigenvalue weighted by Gasteiger charge is -2.25. The quantitative estimate of drug-likeness (QED) is 0.771. The van der Waals surface area contributed by atoms with E-state index in [1.54, 1.807) is 0 Å². The van der Waals surface area contributed by atoms with Crippen LogP contribution in [0.3, 0.4) is 0 Å². The zero-order chi connectivity index (χ0) is 16.9. The molecule has 1 fully saturated rings. The van der Waals surface area contributed by atoms with Gasteiger partial charge in [-0.15, -0.1) is 10.2 Å². The summed E-state index contributed by atoms with van der Waals surface area (Å²) < 4.78 is 5.37. The zero-order valence-corrected chi connectivity index (χ0v) is 14.8. The molecule has 0 saturated carbocycles. The van der Waals surface area contributed by atoms with Gasteiger partial charge in [-0.2, -0.15) is 0 Å². The second kappa shape index (κ2) is 7.72. The average molecular weight is 346 g/mol. The van der Waals surface area contributed by atoms with Crippen molar-refractivity contribution in [2.24, 2.45) is 0 Å². The minimum Gasteiger partial charge on any atom is -0.469 e. The third-order valence-electron chi connectivity index (χ3n) is 4.15. The standard InChI is InChI=1S/C17H22N4O2S/c1-3-20(12-15-18-19-17(24-15)23-4-2)14-10-11-21(16(14)22)13-8-6-5-7-9-13/h5-9,14H,3-4,10-12H2,1-2H3. The van der Waals surface area contributed by atoms with E-state index in [4.69, 9.17) is 4.74 Å². The van der Waals surface area contributed by atoms with Gasteiger partial charge >= 0.3 is 0 Å². The van der Waals surface area contributed by atoms with Crippen LogP contribution in [-0.4, -0.2) is 46.7 Å². The van der Waals surface area contributed by atoms with Crippen molar-refractivity contribution >= 4 is 22.9 Å². The van der Waals surface area contributed by atoms with Crippen LogP contribution in [0, 0.1) is 0 Å². The SMILES string of the molecule is CCOc1nnc(CN(CC)C2CCN(c3ccccc3)C2=O)s1. The summed E-state index contributed by atoms with van der Waals surface area (Å²) in [5.74, 6) is 0.164. The molecule has 2 heterocycles. The molecule has 1 aromatic heterocycles. The monoisotopic (exact) mass is 346 g/mol. The number of aromatic nitrogens is 2. The van der Waals surface area contributed by atoms with Gasteiger partial charge in [-0.1, -0.05) is 36.5 Å². The number of para-hydroxylation sites is 1. The Kier molecular flexibility index (Phi) is 5.42. The average Bonchev–Trinajstić information content (AvgIpc) is 3.20. The number of anilines is 1. The molecular formula is C17H22N4O2S. The molecule has 128 valence electrons. The summed E-state index contributed by atoms with van der Waals surface area (Å²) in [6.07, 6.45) is 0.832. The minimum atomic E-state index is -0.102. The molecular weight excluding hydrogens is 324 g/mol. The van der Waals surface area contributed by atoms with E-state index >= 15 is 0 Å². The Labute approximate surface area is 146 Å². The molecule has 24 heavy (non-hydrogen) atoms. The van der Waals surface area contributed by atoms with E-state index in [2.05, 4.69) is 22.0 Å². The van der Waals surface area contributed by atoms with Gasteiger partial charge in [0, 0.05) is 12.2 Å². The van der Waals surface area contributed by atoms with Gasteiger partial charge in [0.15, 0.2) is 0 Å². The van der Waals surface area contributed by atoms with Crippen LogP contribution in [0.5, 0.6) is 5.19 Å². The molecule has 1 unspecified atom stereocenters. The van der Waals surface area contributed by atoms with Gasteiger partial charge in [0.05, 0.1) is 19.2 Å². The van der Waals surface area contributed by atoms with Crippen LogP contribution in [0.25, 0.3) is 0 Å². The second-order valence-corrected chi connectivity index (χ2v) is 6.61. The van der Waals surface area contributed by atoms with Crippen molar-refractivity contribution in [1.82, 2.24) is 15.1 Å². The molecule has 0 radical (unpaired) electrons. The summed E-state index contributed by atoms with van der Waals surface area (Å²) >= 11 is 1.45. The number of carbonyl (C=O) groups is 1. The molecule has 3 rings (SSSR count). The minimum absolute atomic E-state index is 0.102. The number of likely N-dealkylation sites (N-methyl/N-ethyl adjacent to an activating group) is 1. The number of carbonyl (C=O) groups excluding carboxylic acids is 1. The van der Waals surface area contributed by atoms with E-state index in [0.29, 0.717) is 18.3 Å². The fourth-order valence-electron chi connectivity index (χ4n) is 2.97. The molecule has 1 amide bonds. The predicted octanol–water partition coefficient (Wildman–Crippen LogP) is 2.56. The maximum Gasteiger partial charge on any atom is 0.294 e. The highest BCUT2D eigenvalue weighted by molar-refractivity contribution is 7.13. The van der Waals surface area contributed by atoms with Crippen LogP contribution >= 0.6 is 11.3 Å². The number of nitrogens with zero attached hydrogens (tertiary/aromatic N) is 4.